The molecule has 4 rings (SSSR count). The molecule has 2 aromatic carbocycles. The van der Waals surface area contributed by atoms with Crippen LogP contribution in [0.2, 0.25) is 5.02 Å². The molecular weight excluding hydrogens is 482 g/mol. The van der Waals surface area contributed by atoms with Gasteiger partial charge in [0, 0.05) is 18.9 Å². The minimum Gasteiger partial charge on any atom is -0.325 e. The van der Waals surface area contributed by atoms with Gasteiger partial charge in [-0.1, -0.05) is 23.7 Å². The maximum absolute atomic E-state index is 13.4. The summed E-state index contributed by atoms with van der Waals surface area (Å²) in [5, 5.41) is 2.89. The molecule has 7 nitrogen and oxygen atoms in total. The first-order valence-corrected chi connectivity index (χ1v) is 12.0. The molecule has 0 aliphatic carbocycles. The third kappa shape index (κ3) is 4.66. The zero-order valence-corrected chi connectivity index (χ0v) is 18.9. The molecule has 168 valence electrons. The number of thiazole rings is 1. The van der Waals surface area contributed by atoms with Crippen LogP contribution in [-0.2, 0) is 15.0 Å². The predicted molar refractivity (Wildman–Crippen MR) is 119 cm³/mol. The van der Waals surface area contributed by atoms with Crippen LogP contribution in [0.15, 0.2) is 48.7 Å². The van der Waals surface area contributed by atoms with Crippen molar-refractivity contribution in [2.45, 2.75) is 18.5 Å². The van der Waals surface area contributed by atoms with E-state index in [-0.39, 0.29) is 22.9 Å². The molecule has 1 saturated heterocycles. The molecule has 1 aliphatic rings. The molecule has 3 aromatic rings. The van der Waals surface area contributed by atoms with Crippen molar-refractivity contribution in [2.24, 2.45) is 0 Å². The number of halogens is 3. The first kappa shape index (κ1) is 22.7. The van der Waals surface area contributed by atoms with Crippen molar-refractivity contribution in [3.05, 3.63) is 70.3 Å². The molecule has 0 spiro atoms. The number of carbonyl (C=O) groups is 1. The number of nitrogens with one attached hydrogen (secondary N) is 2. The summed E-state index contributed by atoms with van der Waals surface area (Å²) in [5.41, 5.74) is 0.989. The highest BCUT2D eigenvalue weighted by Gasteiger charge is 2.41. The Balaban J connectivity index is 1.56. The fraction of sp³-hybridized carbons (Fsp3) is 0.200. The lowest BCUT2D eigenvalue weighted by Gasteiger charge is -2.35. The standard InChI is InChI=1S/C20H17ClF2N4O3S2/c1-27-17(19(28)25-13-6-7-15(23)14(21)8-13)9-16(26-32(27,29)30)20-24-10-18(31-20)11-2-4-12(22)5-3-11/h2-8,10,16-17,26H,9H2,1H3,(H,25,28)/t16-,17+/m0/s1. The summed E-state index contributed by atoms with van der Waals surface area (Å²) in [5.74, 6) is -1.58. The van der Waals surface area contributed by atoms with Crippen molar-refractivity contribution in [1.29, 1.82) is 0 Å². The van der Waals surface area contributed by atoms with E-state index in [4.69, 9.17) is 11.6 Å². The van der Waals surface area contributed by atoms with Crippen molar-refractivity contribution in [3.63, 3.8) is 0 Å². The number of hydrogen-bond donors (Lipinski definition) is 2. The minimum atomic E-state index is -3.97. The maximum Gasteiger partial charge on any atom is 0.280 e. The zero-order chi connectivity index (χ0) is 23.0. The number of benzene rings is 2. The normalized spacial score (nSPS) is 20.8. The summed E-state index contributed by atoms with van der Waals surface area (Å²) < 4.78 is 55.3. The first-order chi connectivity index (χ1) is 15.1. The average molecular weight is 499 g/mol. The van der Waals surface area contributed by atoms with E-state index < -0.39 is 34.0 Å². The number of carbonyl (C=O) groups excluding carboxylic acids is 1. The van der Waals surface area contributed by atoms with Crippen LogP contribution in [0.4, 0.5) is 14.5 Å². The van der Waals surface area contributed by atoms with Crippen molar-refractivity contribution in [3.8, 4) is 10.4 Å². The molecule has 12 heteroatoms. The highest BCUT2D eigenvalue weighted by molar-refractivity contribution is 7.87. The SMILES string of the molecule is CN1[C@@H](C(=O)Nc2ccc(F)c(Cl)c2)C[C@@H](c2ncc(-c3ccc(F)cc3)s2)NS1(=O)=O. The van der Waals surface area contributed by atoms with Crippen LogP contribution in [0, 0.1) is 11.6 Å². The fourth-order valence-electron chi connectivity index (χ4n) is 3.27. The van der Waals surface area contributed by atoms with Crippen LogP contribution in [-0.4, -0.2) is 36.7 Å². The molecular formula is C20H17ClF2N4O3S2. The van der Waals surface area contributed by atoms with Gasteiger partial charge in [0.15, 0.2) is 0 Å². The molecule has 2 N–H and O–H groups in total. The number of nitrogens with zero attached hydrogens (tertiary/aromatic N) is 2. The van der Waals surface area contributed by atoms with Crippen LogP contribution in [0.25, 0.3) is 10.4 Å². The molecule has 1 amide bonds. The van der Waals surface area contributed by atoms with E-state index in [1.807, 2.05) is 0 Å². The lowest BCUT2D eigenvalue weighted by molar-refractivity contribution is -0.120. The fourth-order valence-corrected chi connectivity index (χ4v) is 5.76. The summed E-state index contributed by atoms with van der Waals surface area (Å²) in [6.45, 7) is 0. The summed E-state index contributed by atoms with van der Waals surface area (Å²) >= 11 is 7.00. The largest absolute Gasteiger partial charge is 0.325 e. The summed E-state index contributed by atoms with van der Waals surface area (Å²) in [6.07, 6.45) is 1.70. The summed E-state index contributed by atoms with van der Waals surface area (Å²) in [6, 6.07) is 7.79. The third-order valence-corrected chi connectivity index (χ3v) is 8.05. The van der Waals surface area contributed by atoms with Crippen LogP contribution in [0.3, 0.4) is 0 Å². The van der Waals surface area contributed by atoms with E-state index in [0.29, 0.717) is 5.01 Å². The molecule has 1 aliphatic heterocycles. The van der Waals surface area contributed by atoms with E-state index in [0.717, 1.165) is 20.8 Å². The van der Waals surface area contributed by atoms with E-state index in [2.05, 4.69) is 15.0 Å². The Hall–Kier alpha value is -2.44. The second-order valence-electron chi connectivity index (χ2n) is 7.13. The average Bonchev–Trinajstić information content (AvgIpc) is 3.23. The molecule has 0 saturated carbocycles. The van der Waals surface area contributed by atoms with Gasteiger partial charge in [-0.05, 0) is 42.3 Å². The number of likely N-dealkylation sites (N-methyl/N-ethyl adjacent to an activating group) is 1. The number of aromatic nitrogens is 1. The molecule has 1 fully saturated rings. The maximum atomic E-state index is 13.4. The number of hydrogen-bond acceptors (Lipinski definition) is 5. The van der Waals surface area contributed by atoms with Crippen molar-refractivity contribution < 1.29 is 22.0 Å². The smallest absolute Gasteiger partial charge is 0.280 e. The second-order valence-corrected chi connectivity index (χ2v) is 10.4. The Morgan fingerprint density at radius 1 is 1.25 bits per heavy atom. The molecule has 0 unspecified atom stereocenters. The second kappa shape index (κ2) is 8.83. The first-order valence-electron chi connectivity index (χ1n) is 9.37. The Bertz CT molecular complexity index is 1270. The summed E-state index contributed by atoms with van der Waals surface area (Å²) in [7, 11) is -2.67. The van der Waals surface area contributed by atoms with Crippen LogP contribution in [0.5, 0.6) is 0 Å². The molecule has 2 heterocycles. The molecule has 1 aromatic heterocycles. The van der Waals surface area contributed by atoms with Crippen LogP contribution >= 0.6 is 22.9 Å². The number of anilines is 1. The molecule has 32 heavy (non-hydrogen) atoms. The van der Waals surface area contributed by atoms with Gasteiger partial charge in [0.1, 0.15) is 22.7 Å². The van der Waals surface area contributed by atoms with Crippen molar-refractivity contribution >= 4 is 44.7 Å². The number of rotatable bonds is 4. The highest BCUT2D eigenvalue weighted by Crippen LogP contribution is 2.34. The van der Waals surface area contributed by atoms with Gasteiger partial charge in [0.05, 0.1) is 15.9 Å². The third-order valence-electron chi connectivity index (χ3n) is 5.01. The van der Waals surface area contributed by atoms with Crippen molar-refractivity contribution in [2.75, 3.05) is 12.4 Å². The van der Waals surface area contributed by atoms with E-state index in [9.17, 15) is 22.0 Å². The Kier molecular flexibility index (Phi) is 6.28. The Morgan fingerprint density at radius 3 is 2.66 bits per heavy atom. The molecule has 0 bridgehead atoms. The van der Waals surface area contributed by atoms with Crippen LogP contribution < -0.4 is 10.0 Å². The van der Waals surface area contributed by atoms with Gasteiger partial charge in [-0.25, -0.2) is 13.8 Å². The van der Waals surface area contributed by atoms with Gasteiger partial charge in [-0.3, -0.25) is 4.79 Å². The lowest BCUT2D eigenvalue weighted by Crippen LogP contribution is -2.55. The summed E-state index contributed by atoms with van der Waals surface area (Å²) in [4.78, 5) is 17.9. The van der Waals surface area contributed by atoms with Gasteiger partial charge in [0.2, 0.25) is 5.91 Å². The topological polar surface area (TPSA) is 91.4 Å². The Labute approximate surface area is 192 Å². The zero-order valence-electron chi connectivity index (χ0n) is 16.6. The number of amides is 1. The lowest BCUT2D eigenvalue weighted by atomic mass is 10.1. The van der Waals surface area contributed by atoms with Crippen LogP contribution in [0.1, 0.15) is 17.5 Å². The van der Waals surface area contributed by atoms with Gasteiger partial charge < -0.3 is 5.32 Å². The van der Waals surface area contributed by atoms with Gasteiger partial charge in [0.25, 0.3) is 10.2 Å². The Morgan fingerprint density at radius 2 is 1.97 bits per heavy atom. The van der Waals surface area contributed by atoms with Gasteiger partial charge in [-0.15, -0.1) is 11.3 Å². The van der Waals surface area contributed by atoms with Crippen molar-refractivity contribution in [1.82, 2.24) is 14.0 Å². The predicted octanol–water partition coefficient (Wildman–Crippen LogP) is 3.96. The molecule has 0 radical (unpaired) electrons. The highest BCUT2D eigenvalue weighted by atomic mass is 35.5. The van der Waals surface area contributed by atoms with E-state index in [1.165, 1.54) is 42.6 Å². The monoisotopic (exact) mass is 498 g/mol. The van der Waals surface area contributed by atoms with Gasteiger partial charge in [-0.2, -0.15) is 17.4 Å². The minimum absolute atomic E-state index is 0.118. The van der Waals surface area contributed by atoms with Gasteiger partial charge >= 0.3 is 0 Å². The van der Waals surface area contributed by atoms with E-state index in [1.54, 1.807) is 18.3 Å². The van der Waals surface area contributed by atoms with E-state index >= 15 is 0 Å². The molecule has 2 atom stereocenters. The quantitative estimate of drug-likeness (QED) is 0.569.